The molecular weight excluding hydrogens is 264 g/mol. The van der Waals surface area contributed by atoms with E-state index >= 15 is 0 Å². The predicted molar refractivity (Wildman–Crippen MR) is 65.5 cm³/mol. The number of hydrogen-bond acceptors (Lipinski definition) is 6. The molecule has 5 atom stereocenters. The van der Waals surface area contributed by atoms with E-state index in [2.05, 4.69) is 0 Å². The van der Waals surface area contributed by atoms with Gasteiger partial charge in [-0.1, -0.05) is 0 Å². The Morgan fingerprint density at radius 3 is 2.20 bits per heavy atom. The molecular formula is C14H18O6. The molecule has 0 aromatic rings. The fourth-order valence-corrected chi connectivity index (χ4v) is 4.95. The normalized spacial score (nSPS) is 43.3. The minimum atomic E-state index is -1.39. The summed E-state index contributed by atoms with van der Waals surface area (Å²) in [6.45, 7) is 1.48. The molecule has 3 fully saturated rings. The van der Waals surface area contributed by atoms with Crippen molar-refractivity contribution in [3.63, 3.8) is 0 Å². The number of carbonyl (C=O) groups is 3. The second-order valence-electron chi connectivity index (χ2n) is 5.85. The van der Waals surface area contributed by atoms with Crippen LogP contribution in [0.1, 0.15) is 13.3 Å². The summed E-state index contributed by atoms with van der Waals surface area (Å²) in [6.07, 6.45) is 0.390. The maximum absolute atomic E-state index is 12.6. The highest BCUT2D eigenvalue weighted by Gasteiger charge is 2.91. The molecule has 0 N–H and O–H groups in total. The van der Waals surface area contributed by atoms with Crippen LogP contribution in [0, 0.1) is 29.1 Å². The van der Waals surface area contributed by atoms with Crippen LogP contribution in [0.15, 0.2) is 0 Å². The Hall–Kier alpha value is -1.27. The third-order valence-corrected chi connectivity index (χ3v) is 5.62. The highest BCUT2D eigenvalue weighted by atomic mass is 16.7. The number of fused-ring (bicyclic) bond motifs is 1. The van der Waals surface area contributed by atoms with E-state index in [-0.39, 0.29) is 23.5 Å². The van der Waals surface area contributed by atoms with Crippen LogP contribution in [0.25, 0.3) is 0 Å². The molecule has 0 aliphatic heterocycles. The lowest BCUT2D eigenvalue weighted by Crippen LogP contribution is -2.47. The highest BCUT2D eigenvalue weighted by molar-refractivity contribution is 6.07. The second kappa shape index (κ2) is 3.89. The molecule has 3 aliphatic rings. The fraction of sp³-hybridized carbons (Fsp3) is 0.786. The molecule has 110 valence electrons. The van der Waals surface area contributed by atoms with Gasteiger partial charge in [0.05, 0.1) is 18.4 Å². The van der Waals surface area contributed by atoms with Gasteiger partial charge in [-0.25, -0.2) is 0 Å². The van der Waals surface area contributed by atoms with Crippen molar-refractivity contribution in [1.82, 2.24) is 0 Å². The molecule has 20 heavy (non-hydrogen) atoms. The lowest BCUT2D eigenvalue weighted by Gasteiger charge is -2.33. The smallest absolute Gasteiger partial charge is 0.309 e. The molecule has 3 rings (SSSR count). The van der Waals surface area contributed by atoms with Crippen LogP contribution in [-0.2, 0) is 28.6 Å². The van der Waals surface area contributed by atoms with Gasteiger partial charge in [0.25, 0.3) is 0 Å². The van der Waals surface area contributed by atoms with Gasteiger partial charge in [-0.2, -0.15) is 0 Å². The van der Waals surface area contributed by atoms with Crippen molar-refractivity contribution in [1.29, 1.82) is 0 Å². The van der Waals surface area contributed by atoms with Crippen molar-refractivity contribution in [2.24, 2.45) is 29.1 Å². The monoisotopic (exact) mass is 282 g/mol. The Morgan fingerprint density at radius 2 is 1.80 bits per heavy atom. The first-order chi connectivity index (χ1) is 9.43. The van der Waals surface area contributed by atoms with Crippen molar-refractivity contribution in [3.8, 4) is 0 Å². The zero-order chi connectivity index (χ0) is 14.9. The minimum absolute atomic E-state index is 0.0618. The topological polar surface area (TPSA) is 78.9 Å². The maximum Gasteiger partial charge on any atom is 0.309 e. The van der Waals surface area contributed by atoms with Gasteiger partial charge in [-0.05, 0) is 19.3 Å². The SMILES string of the molecule is COC(=O)[C@@H]1C[C@H]2C(OC)(OC)C(=O)[C@H]3[C@@H]1[C@]32C(C)=O. The van der Waals surface area contributed by atoms with E-state index in [1.807, 2.05) is 0 Å². The molecule has 3 saturated carbocycles. The van der Waals surface area contributed by atoms with Gasteiger partial charge < -0.3 is 14.2 Å². The lowest BCUT2D eigenvalue weighted by molar-refractivity contribution is -0.227. The van der Waals surface area contributed by atoms with Crippen molar-refractivity contribution in [2.45, 2.75) is 19.1 Å². The van der Waals surface area contributed by atoms with E-state index in [0.717, 1.165) is 0 Å². The first-order valence-electron chi connectivity index (χ1n) is 6.66. The average molecular weight is 282 g/mol. The lowest BCUT2D eigenvalue weighted by atomic mass is 9.85. The Labute approximate surface area is 116 Å². The van der Waals surface area contributed by atoms with E-state index in [9.17, 15) is 14.4 Å². The second-order valence-corrected chi connectivity index (χ2v) is 5.85. The zero-order valence-corrected chi connectivity index (χ0v) is 12.0. The summed E-state index contributed by atoms with van der Waals surface area (Å²) < 4.78 is 15.5. The largest absolute Gasteiger partial charge is 0.469 e. The molecule has 0 heterocycles. The molecule has 0 saturated heterocycles. The van der Waals surface area contributed by atoms with Crippen LogP contribution in [0.3, 0.4) is 0 Å². The highest BCUT2D eigenvalue weighted by Crippen LogP contribution is 2.81. The summed E-state index contributed by atoms with van der Waals surface area (Å²) in [5.41, 5.74) is -0.790. The molecule has 3 aliphatic carbocycles. The molecule has 6 heteroatoms. The standard InChI is InChI=1S/C14H18O6/c1-6(15)13-8-5-7(12(17)18-2)9(13)10(13)11(16)14(8,19-3)20-4/h7-10H,5H2,1-4H3/t7-,8-,9-,10-,13-/m1/s1. The molecule has 0 spiro atoms. The van der Waals surface area contributed by atoms with Gasteiger partial charge >= 0.3 is 5.97 Å². The van der Waals surface area contributed by atoms with Crippen LogP contribution in [0.2, 0.25) is 0 Å². The van der Waals surface area contributed by atoms with Gasteiger partial charge in [0.15, 0.2) is 5.78 Å². The third-order valence-electron chi connectivity index (χ3n) is 5.62. The van der Waals surface area contributed by atoms with Crippen molar-refractivity contribution in [2.75, 3.05) is 21.3 Å². The molecule has 0 aromatic carbocycles. The van der Waals surface area contributed by atoms with Crippen molar-refractivity contribution >= 4 is 17.5 Å². The quantitative estimate of drug-likeness (QED) is 0.541. The van der Waals surface area contributed by atoms with E-state index in [1.54, 1.807) is 0 Å². The van der Waals surface area contributed by atoms with Gasteiger partial charge in [-0.3, -0.25) is 14.4 Å². The van der Waals surface area contributed by atoms with Crippen LogP contribution in [0.5, 0.6) is 0 Å². The average Bonchev–Trinajstić information content (AvgIpc) is 2.96. The molecule has 0 unspecified atom stereocenters. The van der Waals surface area contributed by atoms with E-state index < -0.39 is 29.0 Å². The Morgan fingerprint density at radius 1 is 1.20 bits per heavy atom. The van der Waals surface area contributed by atoms with Gasteiger partial charge in [0.1, 0.15) is 5.78 Å². The summed E-state index contributed by atoms with van der Waals surface area (Å²) in [7, 11) is 4.13. The number of methoxy groups -OCH3 is 3. The Bertz CT molecular complexity index is 508. The molecule has 6 nitrogen and oxygen atoms in total. The van der Waals surface area contributed by atoms with Gasteiger partial charge in [0.2, 0.25) is 5.79 Å². The summed E-state index contributed by atoms with van der Waals surface area (Å²) in [6, 6.07) is 0. The first kappa shape index (κ1) is 13.7. The molecule has 0 radical (unpaired) electrons. The van der Waals surface area contributed by atoms with Crippen LogP contribution in [0.4, 0.5) is 0 Å². The third kappa shape index (κ3) is 1.12. The number of esters is 1. The van der Waals surface area contributed by atoms with Crippen LogP contribution >= 0.6 is 0 Å². The van der Waals surface area contributed by atoms with Crippen molar-refractivity contribution < 1.29 is 28.6 Å². The number of hydrogen-bond donors (Lipinski definition) is 0. The van der Waals surface area contributed by atoms with Gasteiger partial charge in [0, 0.05) is 26.1 Å². The summed E-state index contributed by atoms with van der Waals surface area (Å²) in [4.78, 5) is 36.7. The fourth-order valence-electron chi connectivity index (χ4n) is 4.95. The van der Waals surface area contributed by atoms with E-state index in [1.165, 1.54) is 28.3 Å². The first-order valence-corrected chi connectivity index (χ1v) is 6.66. The Balaban J connectivity index is 2.08. The summed E-state index contributed by atoms with van der Waals surface area (Å²) in [5.74, 6) is -3.57. The number of carbonyl (C=O) groups excluding carboxylic acids is 3. The van der Waals surface area contributed by atoms with Crippen LogP contribution < -0.4 is 0 Å². The molecule has 0 amide bonds. The minimum Gasteiger partial charge on any atom is -0.469 e. The molecule has 0 aromatic heterocycles. The molecule has 0 bridgehead atoms. The van der Waals surface area contributed by atoms with Crippen LogP contribution in [-0.4, -0.2) is 44.7 Å². The van der Waals surface area contributed by atoms with Crippen molar-refractivity contribution in [3.05, 3.63) is 0 Å². The summed E-state index contributed by atoms with van der Waals surface area (Å²) >= 11 is 0. The zero-order valence-electron chi connectivity index (χ0n) is 12.0. The van der Waals surface area contributed by atoms with E-state index in [0.29, 0.717) is 6.42 Å². The maximum atomic E-state index is 12.6. The number of ketones is 2. The Kier molecular flexibility index (Phi) is 2.66. The summed E-state index contributed by atoms with van der Waals surface area (Å²) in [5, 5.41) is 0. The number of Topliss-reactive ketones (excluding diaryl/α,β-unsaturated/α-hetero) is 2. The number of ether oxygens (including phenoxy) is 3. The predicted octanol–water partition coefficient (Wildman–Crippen LogP) is 0.189. The van der Waals surface area contributed by atoms with E-state index in [4.69, 9.17) is 14.2 Å². The van der Waals surface area contributed by atoms with Gasteiger partial charge in [-0.15, -0.1) is 0 Å². The number of rotatable bonds is 4.